The van der Waals surface area contributed by atoms with Crippen LogP contribution < -0.4 is 15.4 Å². The molecule has 3 aliphatic heterocycles. The number of carbonyl (C=O) groups is 4. The van der Waals surface area contributed by atoms with Gasteiger partial charge in [0.25, 0.3) is 0 Å². The fraction of sp³-hybridized carbons (Fsp3) is 0.462. The van der Waals surface area contributed by atoms with Crippen LogP contribution in [-0.2, 0) is 19.1 Å². The molecular weight excluding hydrogens is 895 g/mol. The zero-order valence-electron chi connectivity index (χ0n) is 39.5. The summed E-state index contributed by atoms with van der Waals surface area (Å²) in [5.41, 5.74) is 6.47. The monoisotopic (exact) mass is 951 g/mol. The van der Waals surface area contributed by atoms with Gasteiger partial charge in [-0.25, -0.2) is 19.6 Å². The molecule has 4 aromatic heterocycles. The maximum Gasteiger partial charge on any atom is 0.407 e. The Hall–Kier alpha value is -6.62. The molecule has 358 valence electrons. The van der Waals surface area contributed by atoms with Crippen molar-refractivity contribution in [2.24, 2.45) is 23.7 Å². The molecule has 0 bridgehead atoms. The van der Waals surface area contributed by atoms with Crippen molar-refractivity contribution in [1.82, 2.24) is 44.9 Å². The summed E-state index contributed by atoms with van der Waals surface area (Å²) in [6, 6.07) is 17.9. The fourth-order valence-electron chi connectivity index (χ4n) is 11.4. The molecule has 4 N–H and O–H groups in total. The molecule has 7 heterocycles. The number of hydrogen-bond acceptors (Lipinski definition) is 10. The Balaban J connectivity index is 0.847. The van der Waals surface area contributed by atoms with E-state index in [-0.39, 0.29) is 47.8 Å². The van der Waals surface area contributed by atoms with Crippen LogP contribution in [-0.4, -0.2) is 96.7 Å². The lowest BCUT2D eigenvalue weighted by Gasteiger charge is -2.31. The van der Waals surface area contributed by atoms with E-state index in [1.54, 1.807) is 0 Å². The summed E-state index contributed by atoms with van der Waals surface area (Å²) in [5, 5.41) is 6.59. The summed E-state index contributed by atoms with van der Waals surface area (Å²) in [6.07, 6.45) is 8.20. The third kappa shape index (κ3) is 7.54. The average molecular weight is 952 g/mol. The summed E-state index contributed by atoms with van der Waals surface area (Å²) in [7, 11) is 2.62. The van der Waals surface area contributed by atoms with Crippen LogP contribution in [0.2, 0.25) is 0 Å². The summed E-state index contributed by atoms with van der Waals surface area (Å²) >= 11 is 1.83. The number of hydrogen-bond donors (Lipinski definition) is 4. The Kier molecular flexibility index (Phi) is 10.5. The zero-order chi connectivity index (χ0) is 47.6. The minimum absolute atomic E-state index is 0.106. The SMILES string of the molecule is COC(=O)N[C@H](C(=O)N1C(c2nc(-c3ccc4c(c3)OC(c3ccc(C5CC5)s3)n3c-4cc4cc(-c5c[nH]c(C6C[C@H]7C[C@H]7N6C(=O)[C@@H](NC(=O)OC)C(C)C)n5)ccc43)c[nH]2)C[C@H]2C[C@H]21)C(C)C. The first kappa shape index (κ1) is 43.6. The van der Waals surface area contributed by atoms with Gasteiger partial charge in [0.1, 0.15) is 29.5 Å². The summed E-state index contributed by atoms with van der Waals surface area (Å²) < 4.78 is 19.1. The van der Waals surface area contributed by atoms with Crippen LogP contribution in [0.25, 0.3) is 44.7 Å². The lowest BCUT2D eigenvalue weighted by atomic mass is 10.0. The Morgan fingerprint density at radius 3 is 1.81 bits per heavy atom. The number of H-pyrrole nitrogens is 2. The predicted molar refractivity (Wildman–Crippen MR) is 258 cm³/mol. The Bertz CT molecular complexity index is 3040. The fourth-order valence-corrected chi connectivity index (χ4v) is 12.6. The van der Waals surface area contributed by atoms with E-state index >= 15 is 0 Å². The molecule has 16 nitrogen and oxygen atoms in total. The van der Waals surface area contributed by atoms with E-state index in [0.29, 0.717) is 17.8 Å². The van der Waals surface area contributed by atoms with Crippen LogP contribution in [0.1, 0.15) is 112 Å². The van der Waals surface area contributed by atoms with Gasteiger partial charge in [-0.3, -0.25) is 14.2 Å². The number of aromatic amines is 2. The van der Waals surface area contributed by atoms with Gasteiger partial charge in [0.15, 0.2) is 0 Å². The molecule has 0 spiro atoms. The smallest absolute Gasteiger partial charge is 0.407 e. The lowest BCUT2D eigenvalue weighted by molar-refractivity contribution is -0.137. The highest BCUT2D eigenvalue weighted by Crippen LogP contribution is 2.55. The highest BCUT2D eigenvalue weighted by atomic mass is 32.1. The summed E-state index contributed by atoms with van der Waals surface area (Å²) in [6.45, 7) is 7.71. The largest absolute Gasteiger partial charge is 0.464 e. The van der Waals surface area contributed by atoms with Crippen molar-refractivity contribution < 1.29 is 33.4 Å². The quantitative estimate of drug-likeness (QED) is 0.0928. The van der Waals surface area contributed by atoms with E-state index in [2.05, 4.69) is 79.8 Å². The van der Waals surface area contributed by atoms with E-state index in [9.17, 15) is 19.2 Å². The average Bonchev–Trinajstić information content (AvgIpc) is 4.15. The van der Waals surface area contributed by atoms with Crippen LogP contribution in [0.3, 0.4) is 0 Å². The van der Waals surface area contributed by atoms with E-state index < -0.39 is 30.5 Å². The van der Waals surface area contributed by atoms with Gasteiger partial charge in [-0.2, -0.15) is 0 Å². The molecule has 69 heavy (non-hydrogen) atoms. The van der Waals surface area contributed by atoms with Crippen LogP contribution in [0, 0.1) is 23.7 Å². The number of nitrogens with one attached hydrogen (secondary N) is 4. The number of amides is 4. The Morgan fingerprint density at radius 2 is 1.26 bits per heavy atom. The first-order valence-corrected chi connectivity index (χ1v) is 25.2. The number of benzene rings is 2. The topological polar surface area (TPSA) is 189 Å². The minimum Gasteiger partial charge on any atom is -0.464 e. The van der Waals surface area contributed by atoms with Gasteiger partial charge in [0.05, 0.1) is 53.8 Å². The van der Waals surface area contributed by atoms with Gasteiger partial charge < -0.3 is 44.6 Å². The summed E-state index contributed by atoms with van der Waals surface area (Å²) in [4.78, 5) is 76.1. The minimum atomic E-state index is -0.705. The number of rotatable bonds is 12. The van der Waals surface area contributed by atoms with Crippen LogP contribution in [0.5, 0.6) is 5.75 Å². The lowest BCUT2D eigenvalue weighted by Crippen LogP contribution is -2.52. The van der Waals surface area contributed by atoms with Crippen molar-refractivity contribution in [3.05, 3.63) is 88.4 Å². The number of carbonyl (C=O) groups excluding carboxylic acids is 4. The molecule has 3 unspecified atom stereocenters. The zero-order valence-corrected chi connectivity index (χ0v) is 40.3. The first-order chi connectivity index (χ1) is 33.4. The van der Waals surface area contributed by atoms with Crippen LogP contribution in [0.4, 0.5) is 9.59 Å². The number of imidazole rings is 2. The highest BCUT2D eigenvalue weighted by Gasteiger charge is 2.57. The van der Waals surface area contributed by atoms with E-state index in [1.807, 2.05) is 61.2 Å². The maximum atomic E-state index is 14.1. The van der Waals surface area contributed by atoms with E-state index in [0.717, 1.165) is 92.6 Å². The van der Waals surface area contributed by atoms with Crippen molar-refractivity contribution in [3.63, 3.8) is 0 Å². The number of likely N-dealkylation sites (tertiary alicyclic amines) is 2. The van der Waals surface area contributed by atoms with Crippen molar-refractivity contribution in [1.29, 1.82) is 0 Å². The predicted octanol–water partition coefficient (Wildman–Crippen LogP) is 9.05. The third-order valence-electron chi connectivity index (χ3n) is 15.4. The second-order valence-electron chi connectivity index (χ2n) is 20.5. The molecule has 6 aliphatic rings. The molecule has 3 aliphatic carbocycles. The third-order valence-corrected chi connectivity index (χ3v) is 16.6. The molecule has 2 aromatic carbocycles. The number of alkyl carbamates (subject to hydrolysis) is 2. The molecule has 12 rings (SSSR count). The van der Waals surface area contributed by atoms with Gasteiger partial charge in [0.2, 0.25) is 18.0 Å². The van der Waals surface area contributed by atoms with Crippen molar-refractivity contribution in [2.75, 3.05) is 14.2 Å². The Morgan fingerprint density at radius 1 is 0.710 bits per heavy atom. The summed E-state index contributed by atoms with van der Waals surface area (Å²) in [5.74, 6) is 3.23. The van der Waals surface area contributed by atoms with Gasteiger partial charge in [0, 0.05) is 51.4 Å². The van der Waals surface area contributed by atoms with Gasteiger partial charge >= 0.3 is 12.2 Å². The number of methoxy groups -OCH3 is 2. The van der Waals surface area contributed by atoms with Crippen LogP contribution in [0.15, 0.2) is 67.0 Å². The first-order valence-electron chi connectivity index (χ1n) is 24.4. The van der Waals surface area contributed by atoms with Gasteiger partial charge in [-0.1, -0.05) is 39.8 Å². The standard InChI is InChI=1S/C52H57N9O7S/c1-24(2)44(57-51(64)66-5)48(62)59-36-16-30(36)19-39(59)46-53-22-33(55-46)27-10-12-35-29(15-27)18-38-32-11-9-28(21-41(32)68-50(61(35)38)43-14-13-42(69-43)26-7-8-26)34-23-54-47(56-34)40-20-31-17-37(31)60(40)49(63)45(25(3)4)58-52(65)67-6/h9-15,18,21-26,30-31,36-37,39-40,44-45,50H,7-8,16-17,19-20H2,1-6H3,(H,53,55)(H,54,56)(H,57,64)(H,58,65)/t30-,31-,36-,37-,39?,40?,44+,45+,50?/m1/s1. The van der Waals surface area contributed by atoms with Crippen molar-refractivity contribution in [3.8, 4) is 39.5 Å². The Labute approximate surface area is 403 Å². The van der Waals surface area contributed by atoms with Gasteiger partial charge in [-0.05, 0) is 111 Å². The molecule has 5 fully saturated rings. The molecular formula is C52H57N9O7S. The number of ether oxygens (including phenoxy) is 3. The van der Waals surface area contributed by atoms with Crippen LogP contribution >= 0.6 is 11.3 Å². The molecule has 17 heteroatoms. The number of nitrogens with zero attached hydrogens (tertiary/aromatic N) is 5. The number of piperidine rings is 2. The highest BCUT2D eigenvalue weighted by molar-refractivity contribution is 7.12. The van der Waals surface area contributed by atoms with Crippen molar-refractivity contribution in [2.45, 2.75) is 115 Å². The van der Waals surface area contributed by atoms with E-state index in [4.69, 9.17) is 24.2 Å². The molecule has 9 atom stereocenters. The second kappa shape index (κ2) is 16.5. The number of aromatic nitrogens is 5. The number of thiophene rings is 1. The normalized spacial score (nSPS) is 24.8. The van der Waals surface area contributed by atoms with E-state index in [1.165, 1.54) is 31.9 Å². The molecule has 6 aromatic rings. The second-order valence-corrected chi connectivity index (χ2v) is 21.7. The molecule has 0 radical (unpaired) electrons. The molecule has 4 amide bonds. The molecule has 2 saturated heterocycles. The van der Waals surface area contributed by atoms with Gasteiger partial charge in [-0.15, -0.1) is 11.3 Å². The number of fused-ring (bicyclic) bond motifs is 7. The van der Waals surface area contributed by atoms with Crippen molar-refractivity contribution >= 4 is 46.2 Å². The molecule has 3 saturated carbocycles. The maximum absolute atomic E-state index is 14.1.